The summed E-state index contributed by atoms with van der Waals surface area (Å²) in [6.45, 7) is 4.79. The molecule has 0 aliphatic carbocycles. The molecule has 0 atom stereocenters. The van der Waals surface area contributed by atoms with E-state index >= 15 is 0 Å². The van der Waals surface area contributed by atoms with Crippen molar-refractivity contribution in [2.24, 2.45) is 0 Å². The predicted molar refractivity (Wildman–Crippen MR) is 67.5 cm³/mol. The van der Waals surface area contributed by atoms with Crippen LogP contribution in [0.25, 0.3) is 0 Å². The molecule has 0 heterocycles. The van der Waals surface area contributed by atoms with Gasteiger partial charge in [0.2, 0.25) is 0 Å². The Balaban J connectivity index is 3.89. The molecule has 86 valence electrons. The van der Waals surface area contributed by atoms with Crippen LogP contribution in [0.5, 0.6) is 0 Å². The Bertz CT molecular complexity index is 109. The molecule has 1 N–H and O–H groups in total. The van der Waals surface area contributed by atoms with E-state index in [1.807, 2.05) is 0 Å². The molecule has 0 aromatic rings. The first kappa shape index (κ1) is 15.0. The third-order valence-electron chi connectivity index (χ3n) is 2.74. The Morgan fingerprint density at radius 2 is 1.36 bits per heavy atom. The Labute approximate surface area is 96.8 Å². The van der Waals surface area contributed by atoms with Gasteiger partial charge in [-0.05, 0) is 0 Å². The SMILES string of the molecule is CCC[CH2][Sn]([Cl])([CH2]CCC)[CH2]CCO. The summed E-state index contributed by atoms with van der Waals surface area (Å²) in [7, 11) is 6.77. The molecular weight excluding hydrogens is 302 g/mol. The molecule has 3 heteroatoms. The maximum atomic E-state index is 8.86. The van der Waals surface area contributed by atoms with E-state index in [4.69, 9.17) is 14.0 Å². The Morgan fingerprint density at radius 1 is 0.929 bits per heavy atom. The van der Waals surface area contributed by atoms with Crippen molar-refractivity contribution in [3.8, 4) is 0 Å². The zero-order valence-corrected chi connectivity index (χ0v) is 13.3. The van der Waals surface area contributed by atoms with Crippen molar-refractivity contribution in [2.75, 3.05) is 6.61 Å². The van der Waals surface area contributed by atoms with Gasteiger partial charge in [0, 0.05) is 0 Å². The summed E-state index contributed by atoms with van der Waals surface area (Å²) in [5, 5.41) is 8.86. The van der Waals surface area contributed by atoms with Crippen molar-refractivity contribution in [1.29, 1.82) is 0 Å². The fraction of sp³-hybridized carbons (Fsp3) is 1.00. The number of rotatable bonds is 9. The number of aliphatic hydroxyl groups is 1. The van der Waals surface area contributed by atoms with Gasteiger partial charge in [-0.2, -0.15) is 0 Å². The van der Waals surface area contributed by atoms with E-state index in [1.54, 1.807) is 0 Å². The monoisotopic (exact) mass is 328 g/mol. The minimum absolute atomic E-state index is 0.323. The first-order chi connectivity index (χ1) is 6.68. The second-order valence-corrected chi connectivity index (χ2v) is 20.4. The van der Waals surface area contributed by atoms with Gasteiger partial charge in [0.05, 0.1) is 0 Å². The van der Waals surface area contributed by atoms with Gasteiger partial charge >= 0.3 is 97.1 Å². The van der Waals surface area contributed by atoms with Crippen molar-refractivity contribution < 1.29 is 5.11 Å². The van der Waals surface area contributed by atoms with Crippen LogP contribution in [0.1, 0.15) is 46.0 Å². The molecule has 0 saturated carbocycles. The number of halogens is 1. The van der Waals surface area contributed by atoms with E-state index in [-0.39, 0.29) is 0 Å². The normalized spacial score (nSPS) is 12.0. The van der Waals surface area contributed by atoms with Crippen molar-refractivity contribution in [3.63, 3.8) is 0 Å². The summed E-state index contributed by atoms with van der Waals surface area (Å²) in [5.41, 5.74) is 0. The summed E-state index contributed by atoms with van der Waals surface area (Å²) < 4.78 is 3.80. The molecule has 14 heavy (non-hydrogen) atoms. The second-order valence-electron chi connectivity index (χ2n) is 4.19. The third-order valence-corrected chi connectivity index (χ3v) is 17.2. The average Bonchev–Trinajstić information content (AvgIpc) is 2.21. The molecule has 0 aromatic carbocycles. The van der Waals surface area contributed by atoms with Crippen LogP contribution in [0.3, 0.4) is 0 Å². The quantitative estimate of drug-likeness (QED) is 0.631. The van der Waals surface area contributed by atoms with Crippen LogP contribution in [0.2, 0.25) is 13.3 Å². The van der Waals surface area contributed by atoms with Crippen LogP contribution in [0.15, 0.2) is 0 Å². The van der Waals surface area contributed by atoms with E-state index in [1.165, 1.54) is 39.0 Å². The number of hydrogen-bond donors (Lipinski definition) is 1. The topological polar surface area (TPSA) is 20.2 Å². The van der Waals surface area contributed by atoms with E-state index in [0.717, 1.165) is 6.42 Å². The van der Waals surface area contributed by atoms with Gasteiger partial charge in [-0.1, -0.05) is 0 Å². The van der Waals surface area contributed by atoms with Gasteiger partial charge in [-0.3, -0.25) is 0 Å². The fourth-order valence-electron chi connectivity index (χ4n) is 1.76. The van der Waals surface area contributed by atoms with Crippen LogP contribution in [0.4, 0.5) is 0 Å². The molecule has 1 nitrogen and oxygen atoms in total. The molecule has 0 radical (unpaired) electrons. The van der Waals surface area contributed by atoms with Crippen LogP contribution >= 0.6 is 8.92 Å². The number of aliphatic hydroxyl groups excluding tert-OH is 1. The first-order valence-electron chi connectivity index (χ1n) is 5.98. The van der Waals surface area contributed by atoms with E-state index in [2.05, 4.69) is 13.8 Å². The standard InChI is InChI=1S/2C4H9.C3H7O.ClH.Sn/c2*1-3-4-2;1-2-3-4;;/h2*1,3-4H2,2H3;4H,1-3H2;1H;/q;;;;+1/p-1. The fourth-order valence-corrected chi connectivity index (χ4v) is 14.5. The van der Waals surface area contributed by atoms with Gasteiger partial charge in [0.1, 0.15) is 0 Å². The molecule has 0 saturated heterocycles. The second kappa shape index (κ2) is 9.29. The zero-order valence-electron chi connectivity index (χ0n) is 9.69. The van der Waals surface area contributed by atoms with Crippen molar-refractivity contribution >= 4 is 26.2 Å². The molecule has 0 amide bonds. The third kappa shape index (κ3) is 7.35. The van der Waals surface area contributed by atoms with Crippen molar-refractivity contribution in [3.05, 3.63) is 0 Å². The van der Waals surface area contributed by atoms with Gasteiger partial charge in [0.25, 0.3) is 0 Å². The minimum atomic E-state index is -2.25. The van der Waals surface area contributed by atoms with Gasteiger partial charge in [-0.25, -0.2) is 0 Å². The number of unbranched alkanes of at least 4 members (excludes halogenated alkanes) is 2. The molecule has 0 rings (SSSR count). The van der Waals surface area contributed by atoms with Crippen LogP contribution in [0, 0.1) is 0 Å². The Kier molecular flexibility index (Phi) is 9.98. The molecule has 0 spiro atoms. The molecule has 0 aliphatic heterocycles. The molecular formula is C11H25ClOSn. The summed E-state index contributed by atoms with van der Waals surface area (Å²) in [6, 6.07) is 0. The molecule has 0 bridgehead atoms. The summed E-state index contributed by atoms with van der Waals surface area (Å²) in [5.74, 6) is 0. The maximum absolute atomic E-state index is 8.86. The van der Waals surface area contributed by atoms with E-state index < -0.39 is 17.3 Å². The van der Waals surface area contributed by atoms with Crippen LogP contribution in [-0.4, -0.2) is 29.0 Å². The van der Waals surface area contributed by atoms with Crippen molar-refractivity contribution in [1.82, 2.24) is 0 Å². The molecule has 0 fully saturated rings. The first-order valence-corrected chi connectivity index (χ1v) is 15.6. The van der Waals surface area contributed by atoms with E-state index in [0.29, 0.717) is 6.61 Å². The zero-order chi connectivity index (χ0) is 10.9. The van der Waals surface area contributed by atoms with Crippen molar-refractivity contribution in [2.45, 2.75) is 59.3 Å². The summed E-state index contributed by atoms with van der Waals surface area (Å²) in [4.78, 5) is 0. The molecule has 0 aliphatic rings. The number of hydrogen-bond acceptors (Lipinski definition) is 1. The van der Waals surface area contributed by atoms with Crippen LogP contribution in [-0.2, 0) is 0 Å². The van der Waals surface area contributed by atoms with Gasteiger partial charge in [0.15, 0.2) is 0 Å². The molecule has 0 unspecified atom stereocenters. The Morgan fingerprint density at radius 3 is 1.71 bits per heavy atom. The van der Waals surface area contributed by atoms with Crippen LogP contribution < -0.4 is 0 Å². The Hall–Kier alpha value is 1.05. The summed E-state index contributed by atoms with van der Waals surface area (Å²) in [6.07, 6.45) is 6.06. The van der Waals surface area contributed by atoms with E-state index in [9.17, 15) is 0 Å². The predicted octanol–water partition coefficient (Wildman–Crippen LogP) is 4.15. The summed E-state index contributed by atoms with van der Waals surface area (Å²) >= 11 is -2.25. The average molecular weight is 327 g/mol. The van der Waals surface area contributed by atoms with Gasteiger partial charge < -0.3 is 0 Å². The van der Waals surface area contributed by atoms with Gasteiger partial charge in [-0.15, -0.1) is 0 Å². The molecule has 0 aromatic heterocycles.